The standard InChI is InChI=1S/C15H13ClN4O/c16-11-5-8(1-2-13(11)21)14-9(6-17)15(18)20-12-3-4-19-7-10(12)14/h1-2,5,19,21H,3-4,7H2,(H2,18,20). The van der Waals surface area contributed by atoms with Crippen LogP contribution in [-0.2, 0) is 13.0 Å². The molecule has 0 unspecified atom stereocenters. The van der Waals surface area contributed by atoms with E-state index in [0.717, 1.165) is 35.3 Å². The van der Waals surface area contributed by atoms with Crippen LogP contribution in [0.4, 0.5) is 5.82 Å². The van der Waals surface area contributed by atoms with Gasteiger partial charge in [-0.15, -0.1) is 0 Å². The van der Waals surface area contributed by atoms with Gasteiger partial charge in [-0.05, 0) is 23.3 Å². The lowest BCUT2D eigenvalue weighted by Gasteiger charge is -2.22. The van der Waals surface area contributed by atoms with Gasteiger partial charge in [-0.2, -0.15) is 5.26 Å². The van der Waals surface area contributed by atoms with E-state index in [1.807, 2.05) is 0 Å². The number of rotatable bonds is 1. The Kier molecular flexibility index (Phi) is 3.42. The fourth-order valence-electron chi connectivity index (χ4n) is 2.60. The molecule has 5 nitrogen and oxygen atoms in total. The summed E-state index contributed by atoms with van der Waals surface area (Å²) in [5.41, 5.74) is 9.64. The highest BCUT2D eigenvalue weighted by molar-refractivity contribution is 6.32. The van der Waals surface area contributed by atoms with Crippen molar-refractivity contribution in [3.8, 4) is 22.9 Å². The summed E-state index contributed by atoms with van der Waals surface area (Å²) in [6.07, 6.45) is 0.768. The number of phenolic OH excluding ortho intramolecular Hbond substituents is 1. The summed E-state index contributed by atoms with van der Waals surface area (Å²) in [5, 5.41) is 22.5. The number of benzene rings is 1. The van der Waals surface area contributed by atoms with Crippen LogP contribution in [0.5, 0.6) is 5.75 Å². The quantitative estimate of drug-likeness (QED) is 0.750. The van der Waals surface area contributed by atoms with Crippen LogP contribution in [0.1, 0.15) is 16.8 Å². The van der Waals surface area contributed by atoms with Crippen LogP contribution in [-0.4, -0.2) is 16.6 Å². The number of aromatic hydroxyl groups is 1. The first-order valence-electron chi connectivity index (χ1n) is 6.52. The van der Waals surface area contributed by atoms with Gasteiger partial charge >= 0.3 is 0 Å². The first-order chi connectivity index (χ1) is 10.1. The molecule has 1 aliphatic rings. The number of nitrogens with two attached hydrogens (primary N) is 1. The first-order valence-corrected chi connectivity index (χ1v) is 6.90. The lowest BCUT2D eigenvalue weighted by Crippen LogP contribution is -2.26. The molecule has 0 radical (unpaired) electrons. The molecule has 1 aromatic carbocycles. The smallest absolute Gasteiger partial charge is 0.142 e. The number of nitrogens with one attached hydrogen (secondary N) is 1. The SMILES string of the molecule is N#Cc1c(N)nc2c(c1-c1ccc(O)c(Cl)c1)CNCC2. The van der Waals surface area contributed by atoms with Crippen molar-refractivity contribution < 1.29 is 5.11 Å². The van der Waals surface area contributed by atoms with Gasteiger partial charge in [0.25, 0.3) is 0 Å². The molecule has 2 heterocycles. The Morgan fingerprint density at radius 3 is 2.95 bits per heavy atom. The molecular formula is C15H13ClN4O. The van der Waals surface area contributed by atoms with Gasteiger partial charge in [-0.1, -0.05) is 17.7 Å². The average molecular weight is 301 g/mol. The van der Waals surface area contributed by atoms with Crippen molar-refractivity contribution in [2.24, 2.45) is 0 Å². The topological polar surface area (TPSA) is 95.0 Å². The van der Waals surface area contributed by atoms with Crippen LogP contribution in [0.15, 0.2) is 18.2 Å². The average Bonchev–Trinajstić information content (AvgIpc) is 2.48. The normalized spacial score (nSPS) is 13.5. The Morgan fingerprint density at radius 1 is 1.43 bits per heavy atom. The summed E-state index contributed by atoms with van der Waals surface area (Å²) >= 11 is 5.99. The minimum Gasteiger partial charge on any atom is -0.506 e. The van der Waals surface area contributed by atoms with Crippen LogP contribution < -0.4 is 11.1 Å². The molecule has 0 fully saturated rings. The summed E-state index contributed by atoms with van der Waals surface area (Å²) in [5.74, 6) is 0.241. The zero-order valence-corrected chi connectivity index (χ0v) is 11.9. The van der Waals surface area contributed by atoms with E-state index in [4.69, 9.17) is 17.3 Å². The number of pyridine rings is 1. The number of hydrogen-bond acceptors (Lipinski definition) is 5. The fraction of sp³-hybridized carbons (Fsp3) is 0.200. The second-order valence-corrected chi connectivity index (χ2v) is 5.28. The molecule has 4 N–H and O–H groups in total. The molecule has 6 heteroatoms. The van der Waals surface area contributed by atoms with Crippen LogP contribution in [0.2, 0.25) is 5.02 Å². The number of nitriles is 1. The molecule has 2 aromatic rings. The monoisotopic (exact) mass is 300 g/mol. The van der Waals surface area contributed by atoms with E-state index in [2.05, 4.69) is 16.4 Å². The number of phenols is 1. The summed E-state index contributed by atoms with van der Waals surface area (Å²) in [6.45, 7) is 1.46. The van der Waals surface area contributed by atoms with Crippen LogP contribution in [0.3, 0.4) is 0 Å². The highest BCUT2D eigenvalue weighted by Crippen LogP contribution is 2.36. The second kappa shape index (κ2) is 5.24. The van der Waals surface area contributed by atoms with Gasteiger partial charge in [0.05, 0.1) is 5.02 Å². The molecule has 0 aliphatic carbocycles. The lowest BCUT2D eigenvalue weighted by molar-refractivity contribution is 0.475. The van der Waals surface area contributed by atoms with E-state index >= 15 is 0 Å². The van der Waals surface area contributed by atoms with E-state index in [1.54, 1.807) is 12.1 Å². The summed E-state index contributed by atoms with van der Waals surface area (Å²) in [7, 11) is 0. The van der Waals surface area contributed by atoms with Crippen LogP contribution >= 0.6 is 11.6 Å². The van der Waals surface area contributed by atoms with Crippen molar-refractivity contribution in [2.45, 2.75) is 13.0 Å². The van der Waals surface area contributed by atoms with Gasteiger partial charge < -0.3 is 16.2 Å². The van der Waals surface area contributed by atoms with Crippen molar-refractivity contribution >= 4 is 17.4 Å². The van der Waals surface area contributed by atoms with Gasteiger partial charge in [-0.25, -0.2) is 4.98 Å². The van der Waals surface area contributed by atoms with Crippen molar-refractivity contribution in [2.75, 3.05) is 12.3 Å². The molecule has 21 heavy (non-hydrogen) atoms. The van der Waals surface area contributed by atoms with Crippen molar-refractivity contribution in [1.29, 1.82) is 5.26 Å². The van der Waals surface area contributed by atoms with E-state index in [9.17, 15) is 10.4 Å². The summed E-state index contributed by atoms with van der Waals surface area (Å²) in [4.78, 5) is 4.34. The number of anilines is 1. The number of halogens is 1. The number of nitrogen functional groups attached to an aromatic ring is 1. The zero-order chi connectivity index (χ0) is 15.0. The third-order valence-electron chi connectivity index (χ3n) is 3.60. The predicted octanol–water partition coefficient (Wildman–Crippen LogP) is 2.21. The Morgan fingerprint density at radius 2 is 2.24 bits per heavy atom. The van der Waals surface area contributed by atoms with Crippen LogP contribution in [0.25, 0.3) is 11.1 Å². The van der Waals surface area contributed by atoms with Gasteiger partial charge in [0.15, 0.2) is 0 Å². The number of aromatic nitrogens is 1. The highest BCUT2D eigenvalue weighted by atomic mass is 35.5. The number of hydrogen-bond donors (Lipinski definition) is 3. The molecule has 1 aliphatic heterocycles. The molecule has 106 valence electrons. The van der Waals surface area contributed by atoms with Gasteiger partial charge in [0.1, 0.15) is 23.2 Å². The lowest BCUT2D eigenvalue weighted by atomic mass is 9.91. The molecule has 0 atom stereocenters. The molecule has 1 aromatic heterocycles. The minimum absolute atomic E-state index is 0.00736. The second-order valence-electron chi connectivity index (χ2n) is 4.88. The van der Waals surface area contributed by atoms with Crippen LogP contribution in [0, 0.1) is 11.3 Å². The molecule has 0 amide bonds. The minimum atomic E-state index is 0.00736. The third kappa shape index (κ3) is 2.29. The molecule has 3 rings (SSSR count). The number of nitrogens with zero attached hydrogens (tertiary/aromatic N) is 2. The van der Waals surface area contributed by atoms with E-state index in [-0.39, 0.29) is 16.6 Å². The van der Waals surface area contributed by atoms with Gasteiger partial charge in [0, 0.05) is 30.8 Å². The summed E-state index contributed by atoms with van der Waals surface area (Å²) < 4.78 is 0. The Labute approximate surface area is 127 Å². The van der Waals surface area contributed by atoms with E-state index < -0.39 is 0 Å². The largest absolute Gasteiger partial charge is 0.506 e. The van der Waals surface area contributed by atoms with E-state index in [1.165, 1.54) is 6.07 Å². The molecule has 0 bridgehead atoms. The van der Waals surface area contributed by atoms with Gasteiger partial charge in [-0.3, -0.25) is 0 Å². The Hall–Kier alpha value is -2.29. The molecule has 0 spiro atoms. The van der Waals surface area contributed by atoms with Crippen molar-refractivity contribution in [3.63, 3.8) is 0 Å². The number of fused-ring (bicyclic) bond motifs is 1. The highest BCUT2D eigenvalue weighted by Gasteiger charge is 2.22. The maximum Gasteiger partial charge on any atom is 0.142 e. The third-order valence-corrected chi connectivity index (χ3v) is 3.90. The fourth-order valence-corrected chi connectivity index (χ4v) is 2.78. The first kappa shape index (κ1) is 13.7. The van der Waals surface area contributed by atoms with E-state index in [0.29, 0.717) is 12.1 Å². The summed E-state index contributed by atoms with van der Waals surface area (Å²) in [6, 6.07) is 7.01. The van der Waals surface area contributed by atoms with Gasteiger partial charge in [0.2, 0.25) is 0 Å². The van der Waals surface area contributed by atoms with Crippen molar-refractivity contribution in [3.05, 3.63) is 40.0 Å². The maximum atomic E-state index is 9.56. The predicted molar refractivity (Wildman–Crippen MR) is 80.9 cm³/mol. The maximum absolute atomic E-state index is 9.56. The molecule has 0 saturated heterocycles. The molecular weight excluding hydrogens is 288 g/mol. The Bertz CT molecular complexity index is 767. The van der Waals surface area contributed by atoms with Crippen molar-refractivity contribution in [1.82, 2.24) is 10.3 Å². The Balaban J connectivity index is 2.31. The zero-order valence-electron chi connectivity index (χ0n) is 11.2. The molecule has 0 saturated carbocycles.